The van der Waals surface area contributed by atoms with Crippen LogP contribution in [0.3, 0.4) is 0 Å². The minimum atomic E-state index is -0.461. The number of hydrogen-bond donors (Lipinski definition) is 0. The number of rotatable bonds is 2. The van der Waals surface area contributed by atoms with Crippen LogP contribution in [0.25, 0.3) is 0 Å². The average molecular weight is 391 g/mol. The third-order valence-corrected chi connectivity index (χ3v) is 5.72. The van der Waals surface area contributed by atoms with Gasteiger partial charge in [0, 0.05) is 37.4 Å². The lowest BCUT2D eigenvalue weighted by Gasteiger charge is -2.36. The van der Waals surface area contributed by atoms with Crippen LogP contribution in [0.1, 0.15) is 60.3 Å². The highest BCUT2D eigenvalue weighted by molar-refractivity contribution is 5.68. The summed E-state index contributed by atoms with van der Waals surface area (Å²) in [5.41, 5.74) is 1.03. The maximum atomic E-state index is 12.2. The van der Waals surface area contributed by atoms with E-state index in [0.717, 1.165) is 24.3 Å². The summed E-state index contributed by atoms with van der Waals surface area (Å²) in [5.74, 6) is 0. The van der Waals surface area contributed by atoms with Gasteiger partial charge in [-0.3, -0.25) is 0 Å². The predicted molar refractivity (Wildman–Crippen MR) is 110 cm³/mol. The van der Waals surface area contributed by atoms with Crippen LogP contribution in [0.2, 0.25) is 0 Å². The molecule has 6 heteroatoms. The normalized spacial score (nSPS) is 22.4. The minimum Gasteiger partial charge on any atom is -0.444 e. The van der Waals surface area contributed by atoms with Gasteiger partial charge in [-0.15, -0.1) is 0 Å². The largest absolute Gasteiger partial charge is 0.444 e. The highest BCUT2D eigenvalue weighted by Gasteiger charge is 2.49. The van der Waals surface area contributed by atoms with Crippen molar-refractivity contribution >= 4 is 11.8 Å². The van der Waals surface area contributed by atoms with E-state index >= 15 is 0 Å². The summed E-state index contributed by atoms with van der Waals surface area (Å²) in [6, 6.07) is 8.34. The fourth-order valence-electron chi connectivity index (χ4n) is 3.30. The van der Waals surface area contributed by atoms with Crippen molar-refractivity contribution in [2.24, 2.45) is 0 Å². The van der Waals surface area contributed by atoms with Crippen molar-refractivity contribution in [2.45, 2.75) is 71.6 Å². The van der Waals surface area contributed by atoms with Crippen molar-refractivity contribution in [2.75, 3.05) is 31.1 Å². The predicted octanol–water partition coefficient (Wildman–Crippen LogP) is 4.35. The van der Waals surface area contributed by atoms with Gasteiger partial charge >= 0.3 is 6.09 Å². The van der Waals surface area contributed by atoms with E-state index in [2.05, 4.69) is 56.9 Å². The molecule has 0 atom stereocenters. The first kappa shape index (κ1) is 20.9. The van der Waals surface area contributed by atoms with Gasteiger partial charge in [-0.1, -0.05) is 12.1 Å². The Bertz CT molecular complexity index is 682. The number of benzene rings is 1. The number of carbonyl (C=O) groups excluding carboxylic acids is 1. The maximum Gasteiger partial charge on any atom is 0.410 e. The van der Waals surface area contributed by atoms with E-state index in [1.54, 1.807) is 4.90 Å². The number of ether oxygens (including phenoxy) is 3. The molecule has 2 heterocycles. The highest BCUT2D eigenvalue weighted by atomic mass is 16.7. The fraction of sp³-hybridized carbons (Fsp3) is 0.682. The smallest absolute Gasteiger partial charge is 0.410 e. The highest BCUT2D eigenvalue weighted by Crippen LogP contribution is 2.44. The van der Waals surface area contributed by atoms with Crippen LogP contribution in [0.5, 0.6) is 0 Å². The first-order chi connectivity index (χ1) is 12.9. The van der Waals surface area contributed by atoms with Crippen molar-refractivity contribution in [3.05, 3.63) is 29.8 Å². The Morgan fingerprint density at radius 2 is 1.46 bits per heavy atom. The van der Waals surface area contributed by atoms with Gasteiger partial charge in [-0.25, -0.2) is 4.79 Å². The van der Waals surface area contributed by atoms with Crippen molar-refractivity contribution in [1.29, 1.82) is 0 Å². The molecule has 2 aliphatic heterocycles. The van der Waals surface area contributed by atoms with Gasteiger partial charge < -0.3 is 24.0 Å². The zero-order valence-corrected chi connectivity index (χ0v) is 18.2. The van der Waals surface area contributed by atoms with Crippen LogP contribution in [-0.4, -0.2) is 54.0 Å². The first-order valence-corrected chi connectivity index (χ1v) is 10.1. The van der Waals surface area contributed by atoms with Crippen molar-refractivity contribution in [3.8, 4) is 0 Å². The molecule has 2 fully saturated rings. The number of amides is 1. The standard InChI is InChI=1S/C22H34N2O4/c1-20(2,3)28-19(25)24-14-12-23(13-15-24)17-10-8-16(9-11-17)18-26-21(4,5)22(6,7)27-18/h8-11,18H,12-15H2,1-7H3. The number of piperazine rings is 1. The van der Waals surface area contributed by atoms with Crippen LogP contribution in [0.15, 0.2) is 24.3 Å². The summed E-state index contributed by atoms with van der Waals surface area (Å²) >= 11 is 0. The zero-order valence-electron chi connectivity index (χ0n) is 18.2. The van der Waals surface area contributed by atoms with Crippen LogP contribution in [0, 0.1) is 0 Å². The molecule has 156 valence electrons. The Morgan fingerprint density at radius 1 is 0.964 bits per heavy atom. The summed E-state index contributed by atoms with van der Waals surface area (Å²) in [5, 5.41) is 0. The second-order valence-corrected chi connectivity index (χ2v) is 9.63. The number of anilines is 1. The summed E-state index contributed by atoms with van der Waals surface area (Å²) in [7, 11) is 0. The lowest BCUT2D eigenvalue weighted by atomic mass is 9.90. The monoisotopic (exact) mass is 390 g/mol. The molecule has 1 aromatic carbocycles. The molecule has 0 aromatic heterocycles. The van der Waals surface area contributed by atoms with Gasteiger partial charge in [0.25, 0.3) is 0 Å². The van der Waals surface area contributed by atoms with E-state index < -0.39 is 5.60 Å². The van der Waals surface area contributed by atoms with E-state index in [-0.39, 0.29) is 23.6 Å². The second-order valence-electron chi connectivity index (χ2n) is 9.63. The van der Waals surface area contributed by atoms with Gasteiger partial charge in [-0.2, -0.15) is 0 Å². The lowest BCUT2D eigenvalue weighted by molar-refractivity contribution is -0.0895. The van der Waals surface area contributed by atoms with Crippen molar-refractivity contribution in [3.63, 3.8) is 0 Å². The molecule has 0 spiro atoms. The third kappa shape index (κ3) is 4.44. The average Bonchev–Trinajstić information content (AvgIpc) is 2.81. The van der Waals surface area contributed by atoms with E-state index in [0.29, 0.717) is 13.1 Å². The maximum absolute atomic E-state index is 12.2. The Labute approximate surface area is 168 Å². The van der Waals surface area contributed by atoms with Gasteiger partial charge in [0.15, 0.2) is 6.29 Å². The quantitative estimate of drug-likeness (QED) is 0.752. The van der Waals surface area contributed by atoms with E-state index in [1.165, 1.54) is 0 Å². The number of nitrogens with zero attached hydrogens (tertiary/aromatic N) is 2. The lowest BCUT2D eigenvalue weighted by Crippen LogP contribution is -2.50. The molecule has 2 aliphatic rings. The summed E-state index contributed by atoms with van der Waals surface area (Å²) in [6.07, 6.45) is -0.577. The molecule has 0 unspecified atom stereocenters. The van der Waals surface area contributed by atoms with E-state index in [4.69, 9.17) is 14.2 Å². The fourth-order valence-corrected chi connectivity index (χ4v) is 3.30. The molecule has 0 saturated carbocycles. The summed E-state index contributed by atoms with van der Waals surface area (Å²) in [4.78, 5) is 16.3. The van der Waals surface area contributed by atoms with Gasteiger partial charge in [-0.05, 0) is 60.6 Å². The molecular weight excluding hydrogens is 356 g/mol. The molecule has 0 radical (unpaired) electrons. The SMILES string of the molecule is CC(C)(C)OC(=O)N1CCN(c2ccc(C3OC(C)(C)C(C)(C)O3)cc2)CC1. The third-order valence-electron chi connectivity index (χ3n) is 5.72. The molecular formula is C22H34N2O4. The van der Waals surface area contributed by atoms with Gasteiger partial charge in [0.2, 0.25) is 0 Å². The van der Waals surface area contributed by atoms with Crippen molar-refractivity contribution < 1.29 is 19.0 Å². The number of hydrogen-bond acceptors (Lipinski definition) is 5. The molecule has 6 nitrogen and oxygen atoms in total. The van der Waals surface area contributed by atoms with Gasteiger partial charge in [0.05, 0.1) is 11.2 Å². The molecule has 3 rings (SSSR count). The second kappa shape index (κ2) is 7.23. The number of carbonyl (C=O) groups is 1. The molecule has 0 aliphatic carbocycles. The van der Waals surface area contributed by atoms with Crippen LogP contribution < -0.4 is 4.90 Å². The Hall–Kier alpha value is -1.79. The Kier molecular flexibility index (Phi) is 5.40. The molecule has 28 heavy (non-hydrogen) atoms. The van der Waals surface area contributed by atoms with Crippen LogP contribution >= 0.6 is 0 Å². The summed E-state index contributed by atoms with van der Waals surface area (Å²) < 4.78 is 17.7. The minimum absolute atomic E-state index is 0.233. The topological polar surface area (TPSA) is 51.2 Å². The molecule has 0 bridgehead atoms. The van der Waals surface area contributed by atoms with Gasteiger partial charge in [0.1, 0.15) is 5.60 Å². The summed E-state index contributed by atoms with van der Waals surface area (Å²) in [6.45, 7) is 16.8. The zero-order chi connectivity index (χ0) is 20.7. The Balaban J connectivity index is 1.58. The van der Waals surface area contributed by atoms with E-state index in [1.807, 2.05) is 20.8 Å². The van der Waals surface area contributed by atoms with Crippen LogP contribution in [0.4, 0.5) is 10.5 Å². The molecule has 0 N–H and O–H groups in total. The molecule has 2 saturated heterocycles. The molecule has 1 amide bonds. The first-order valence-electron chi connectivity index (χ1n) is 10.1. The van der Waals surface area contributed by atoms with Crippen LogP contribution in [-0.2, 0) is 14.2 Å². The molecule has 1 aromatic rings. The van der Waals surface area contributed by atoms with E-state index in [9.17, 15) is 4.79 Å². The van der Waals surface area contributed by atoms with Crippen molar-refractivity contribution in [1.82, 2.24) is 4.90 Å². The Morgan fingerprint density at radius 3 is 1.93 bits per heavy atom.